The molecular formula is C15H21NO3. The number of amides is 1. The normalized spacial score (nSPS) is 11.9. The lowest BCUT2D eigenvalue weighted by molar-refractivity contribution is -0.121. The molecule has 19 heavy (non-hydrogen) atoms. The average Bonchev–Trinajstić information content (AvgIpc) is 2.43. The molecule has 0 bridgehead atoms. The second-order valence-electron chi connectivity index (χ2n) is 4.62. The van der Waals surface area contributed by atoms with Gasteiger partial charge in [-0.1, -0.05) is 30.3 Å². The Hall–Kier alpha value is -1.68. The van der Waals surface area contributed by atoms with Gasteiger partial charge in [0.2, 0.25) is 5.91 Å². The van der Waals surface area contributed by atoms with E-state index in [4.69, 9.17) is 5.11 Å². The SMILES string of the molecule is CC(CCCO)NC(=O)CCC(=O)c1ccccc1. The smallest absolute Gasteiger partial charge is 0.220 e. The lowest BCUT2D eigenvalue weighted by Gasteiger charge is -2.12. The van der Waals surface area contributed by atoms with Crippen LogP contribution < -0.4 is 5.32 Å². The highest BCUT2D eigenvalue weighted by Gasteiger charge is 2.10. The minimum atomic E-state index is -0.116. The van der Waals surface area contributed by atoms with E-state index in [1.807, 2.05) is 25.1 Å². The van der Waals surface area contributed by atoms with Crippen molar-refractivity contribution in [2.45, 2.75) is 38.6 Å². The summed E-state index contributed by atoms with van der Waals surface area (Å²) in [6.07, 6.45) is 1.85. The van der Waals surface area contributed by atoms with Gasteiger partial charge in [-0.15, -0.1) is 0 Å². The molecule has 0 aromatic heterocycles. The van der Waals surface area contributed by atoms with E-state index < -0.39 is 0 Å². The van der Waals surface area contributed by atoms with Gasteiger partial charge in [0.25, 0.3) is 0 Å². The summed E-state index contributed by atoms with van der Waals surface area (Å²) in [5.41, 5.74) is 0.642. The van der Waals surface area contributed by atoms with Crippen LogP contribution in [0.25, 0.3) is 0 Å². The Kier molecular flexibility index (Phi) is 6.82. The summed E-state index contributed by atoms with van der Waals surface area (Å²) in [4.78, 5) is 23.4. The molecule has 1 aromatic rings. The van der Waals surface area contributed by atoms with Crippen molar-refractivity contribution in [3.8, 4) is 0 Å². The topological polar surface area (TPSA) is 66.4 Å². The van der Waals surface area contributed by atoms with Gasteiger partial charge in [-0.05, 0) is 19.8 Å². The number of ketones is 1. The fourth-order valence-corrected chi connectivity index (χ4v) is 1.81. The van der Waals surface area contributed by atoms with Crippen molar-refractivity contribution in [2.24, 2.45) is 0 Å². The zero-order valence-electron chi connectivity index (χ0n) is 11.3. The number of carbonyl (C=O) groups is 2. The molecule has 1 atom stereocenters. The number of aliphatic hydroxyl groups is 1. The number of hydrogen-bond donors (Lipinski definition) is 2. The van der Waals surface area contributed by atoms with Crippen LogP contribution in [0.15, 0.2) is 30.3 Å². The number of Topliss-reactive ketones (excluding diaryl/α,β-unsaturated/α-hetero) is 1. The van der Waals surface area contributed by atoms with Gasteiger partial charge in [-0.3, -0.25) is 9.59 Å². The predicted molar refractivity (Wildman–Crippen MR) is 73.9 cm³/mol. The highest BCUT2D eigenvalue weighted by molar-refractivity contribution is 5.97. The quantitative estimate of drug-likeness (QED) is 0.704. The molecule has 1 unspecified atom stereocenters. The molecule has 2 N–H and O–H groups in total. The zero-order valence-corrected chi connectivity index (χ0v) is 11.3. The first kappa shape index (κ1) is 15.4. The summed E-state index contributed by atoms with van der Waals surface area (Å²) in [6, 6.07) is 9.02. The van der Waals surface area contributed by atoms with Crippen molar-refractivity contribution in [2.75, 3.05) is 6.61 Å². The summed E-state index contributed by atoms with van der Waals surface area (Å²) in [5, 5.41) is 11.5. The van der Waals surface area contributed by atoms with Crippen LogP contribution in [0.5, 0.6) is 0 Å². The highest BCUT2D eigenvalue weighted by atomic mass is 16.3. The molecule has 0 aliphatic heterocycles. The van der Waals surface area contributed by atoms with Gasteiger partial charge < -0.3 is 10.4 Å². The van der Waals surface area contributed by atoms with Crippen molar-refractivity contribution in [1.82, 2.24) is 5.32 Å². The molecule has 0 heterocycles. The molecule has 1 rings (SSSR count). The Bertz CT molecular complexity index is 403. The molecule has 4 heteroatoms. The molecule has 0 aliphatic rings. The van der Waals surface area contributed by atoms with Crippen molar-refractivity contribution in [3.63, 3.8) is 0 Å². The number of benzene rings is 1. The molecule has 0 spiro atoms. The maximum atomic E-state index is 11.8. The van der Waals surface area contributed by atoms with E-state index in [1.165, 1.54) is 0 Å². The van der Waals surface area contributed by atoms with E-state index in [1.54, 1.807) is 12.1 Å². The molecule has 0 saturated carbocycles. The van der Waals surface area contributed by atoms with Crippen molar-refractivity contribution in [1.29, 1.82) is 0 Å². The largest absolute Gasteiger partial charge is 0.396 e. The molecule has 0 saturated heterocycles. The van der Waals surface area contributed by atoms with Crippen LogP contribution in [0.3, 0.4) is 0 Å². The van der Waals surface area contributed by atoms with Crippen LogP contribution >= 0.6 is 0 Å². The van der Waals surface area contributed by atoms with Crippen LogP contribution in [0.1, 0.15) is 43.0 Å². The second-order valence-corrected chi connectivity index (χ2v) is 4.62. The van der Waals surface area contributed by atoms with Gasteiger partial charge in [0.1, 0.15) is 0 Å². The number of carbonyl (C=O) groups excluding carboxylic acids is 2. The van der Waals surface area contributed by atoms with Crippen LogP contribution in [0.4, 0.5) is 0 Å². The van der Waals surface area contributed by atoms with Crippen LogP contribution in [-0.2, 0) is 4.79 Å². The Morgan fingerprint density at radius 3 is 2.53 bits per heavy atom. The zero-order chi connectivity index (χ0) is 14.1. The van der Waals surface area contributed by atoms with Crippen molar-refractivity contribution >= 4 is 11.7 Å². The molecule has 104 valence electrons. The molecule has 4 nitrogen and oxygen atoms in total. The monoisotopic (exact) mass is 263 g/mol. The van der Waals surface area contributed by atoms with E-state index in [0.717, 1.165) is 6.42 Å². The summed E-state index contributed by atoms with van der Waals surface area (Å²) in [5.74, 6) is -0.131. The van der Waals surface area contributed by atoms with Crippen molar-refractivity contribution < 1.29 is 14.7 Å². The molecule has 0 fully saturated rings. The van der Waals surface area contributed by atoms with Gasteiger partial charge in [-0.2, -0.15) is 0 Å². The van der Waals surface area contributed by atoms with Crippen LogP contribution in [0, 0.1) is 0 Å². The second kappa shape index (κ2) is 8.43. The van der Waals surface area contributed by atoms with E-state index in [0.29, 0.717) is 12.0 Å². The molecule has 0 radical (unpaired) electrons. The first-order valence-corrected chi connectivity index (χ1v) is 6.62. The number of rotatable bonds is 8. The molecular weight excluding hydrogens is 242 g/mol. The summed E-state index contributed by atoms with van der Waals surface area (Å²) < 4.78 is 0. The Labute approximate surface area is 113 Å². The summed E-state index contributed by atoms with van der Waals surface area (Å²) >= 11 is 0. The summed E-state index contributed by atoms with van der Waals surface area (Å²) in [6.45, 7) is 2.03. The molecule has 1 amide bonds. The van der Waals surface area contributed by atoms with Gasteiger partial charge in [0.05, 0.1) is 0 Å². The Balaban J connectivity index is 2.28. The standard InChI is InChI=1S/C15H21NO3/c1-12(6-5-11-17)16-15(19)10-9-14(18)13-7-3-2-4-8-13/h2-4,7-8,12,17H,5-6,9-11H2,1H3,(H,16,19). The highest BCUT2D eigenvalue weighted by Crippen LogP contribution is 2.05. The fourth-order valence-electron chi connectivity index (χ4n) is 1.81. The first-order valence-electron chi connectivity index (χ1n) is 6.62. The van der Waals surface area contributed by atoms with E-state index >= 15 is 0 Å². The first-order chi connectivity index (χ1) is 9.13. The lowest BCUT2D eigenvalue weighted by atomic mass is 10.1. The van der Waals surface area contributed by atoms with E-state index in [9.17, 15) is 9.59 Å². The predicted octanol–water partition coefficient (Wildman–Crippen LogP) is 1.93. The number of aliphatic hydroxyl groups excluding tert-OH is 1. The molecule has 0 aliphatic carbocycles. The van der Waals surface area contributed by atoms with Crippen LogP contribution in [0.2, 0.25) is 0 Å². The third-order valence-corrected chi connectivity index (χ3v) is 2.88. The number of nitrogens with one attached hydrogen (secondary N) is 1. The maximum Gasteiger partial charge on any atom is 0.220 e. The van der Waals surface area contributed by atoms with E-state index in [-0.39, 0.29) is 37.2 Å². The van der Waals surface area contributed by atoms with Gasteiger partial charge in [-0.25, -0.2) is 0 Å². The third kappa shape index (κ3) is 6.15. The minimum Gasteiger partial charge on any atom is -0.396 e. The Morgan fingerprint density at radius 2 is 1.89 bits per heavy atom. The maximum absolute atomic E-state index is 11.8. The lowest BCUT2D eigenvalue weighted by Crippen LogP contribution is -2.32. The number of hydrogen-bond acceptors (Lipinski definition) is 3. The van der Waals surface area contributed by atoms with Crippen molar-refractivity contribution in [3.05, 3.63) is 35.9 Å². The van der Waals surface area contributed by atoms with Gasteiger partial charge in [0.15, 0.2) is 5.78 Å². The fraction of sp³-hybridized carbons (Fsp3) is 0.467. The average molecular weight is 263 g/mol. The van der Waals surface area contributed by atoms with Gasteiger partial charge >= 0.3 is 0 Å². The van der Waals surface area contributed by atoms with Gasteiger partial charge in [0, 0.05) is 31.1 Å². The third-order valence-electron chi connectivity index (χ3n) is 2.88. The molecule has 1 aromatic carbocycles. The minimum absolute atomic E-state index is 0.0150. The summed E-state index contributed by atoms with van der Waals surface area (Å²) in [7, 11) is 0. The van der Waals surface area contributed by atoms with Crippen LogP contribution in [-0.4, -0.2) is 29.4 Å². The van der Waals surface area contributed by atoms with E-state index in [2.05, 4.69) is 5.32 Å². The Morgan fingerprint density at radius 1 is 1.21 bits per heavy atom.